The summed E-state index contributed by atoms with van der Waals surface area (Å²) in [6.07, 6.45) is 4.13. The summed E-state index contributed by atoms with van der Waals surface area (Å²) in [6.45, 7) is 4.19. The maximum atomic E-state index is 4.69. The third kappa shape index (κ3) is 1.85. The van der Waals surface area contributed by atoms with Gasteiger partial charge in [0.05, 0.1) is 5.69 Å². The number of nitrogens with zero attached hydrogens (tertiary/aromatic N) is 2. The van der Waals surface area contributed by atoms with E-state index in [0.29, 0.717) is 0 Å². The second-order valence-corrected chi connectivity index (χ2v) is 5.37. The largest absolute Gasteiger partial charge is 0.305 e. The number of aromatic nitrogens is 2. The minimum atomic E-state index is 0.981. The molecule has 0 aliphatic rings. The van der Waals surface area contributed by atoms with E-state index in [-0.39, 0.29) is 0 Å². The summed E-state index contributed by atoms with van der Waals surface area (Å²) in [5.41, 5.74) is 5.63. The summed E-state index contributed by atoms with van der Waals surface area (Å²) in [4.78, 5) is 4.69. The third-order valence-electron chi connectivity index (χ3n) is 3.16. The van der Waals surface area contributed by atoms with E-state index < -0.39 is 0 Å². The Hall–Kier alpha value is -1.61. The molecule has 3 aromatic rings. The van der Waals surface area contributed by atoms with Crippen molar-refractivity contribution in [1.82, 2.24) is 9.38 Å². The van der Waals surface area contributed by atoms with Gasteiger partial charge in [0.2, 0.25) is 0 Å². The third-order valence-corrected chi connectivity index (χ3v) is 3.99. The number of rotatable bonds is 1. The maximum absolute atomic E-state index is 4.69. The van der Waals surface area contributed by atoms with Gasteiger partial charge < -0.3 is 4.40 Å². The Balaban J connectivity index is 2.23. The molecule has 2 aromatic heterocycles. The van der Waals surface area contributed by atoms with Crippen LogP contribution in [0.25, 0.3) is 16.9 Å². The highest BCUT2D eigenvalue weighted by molar-refractivity contribution is 9.10. The van der Waals surface area contributed by atoms with Crippen molar-refractivity contribution < 1.29 is 0 Å². The standard InChI is InChI=1S/C15H13BrN2/c1-10-5-3-4-6-12(10)14-9-18-8-13(16)11(2)7-15(18)17-14/h3-9H,1-2H3. The Morgan fingerprint density at radius 1 is 1.06 bits per heavy atom. The minimum absolute atomic E-state index is 0.981. The van der Waals surface area contributed by atoms with E-state index in [1.807, 2.05) is 6.07 Å². The zero-order valence-corrected chi connectivity index (χ0v) is 11.9. The molecular formula is C15H13BrN2. The molecule has 0 bridgehead atoms. The molecule has 2 nitrogen and oxygen atoms in total. The predicted molar refractivity (Wildman–Crippen MR) is 77.8 cm³/mol. The molecule has 0 aliphatic carbocycles. The van der Waals surface area contributed by atoms with Crippen LogP contribution in [0, 0.1) is 13.8 Å². The number of hydrogen-bond donors (Lipinski definition) is 0. The van der Waals surface area contributed by atoms with E-state index in [9.17, 15) is 0 Å². The van der Waals surface area contributed by atoms with Crippen LogP contribution in [0.1, 0.15) is 11.1 Å². The Morgan fingerprint density at radius 3 is 2.61 bits per heavy atom. The molecule has 0 atom stereocenters. The molecule has 0 fully saturated rings. The lowest BCUT2D eigenvalue weighted by Gasteiger charge is -1.99. The molecule has 0 spiro atoms. The molecule has 3 rings (SSSR count). The van der Waals surface area contributed by atoms with Gasteiger partial charge in [0.15, 0.2) is 0 Å². The lowest BCUT2D eigenvalue weighted by Crippen LogP contribution is -1.85. The van der Waals surface area contributed by atoms with Crippen molar-refractivity contribution in [2.24, 2.45) is 0 Å². The van der Waals surface area contributed by atoms with Gasteiger partial charge in [-0.05, 0) is 47.0 Å². The lowest BCUT2D eigenvalue weighted by atomic mass is 10.1. The van der Waals surface area contributed by atoms with Crippen molar-refractivity contribution in [3.63, 3.8) is 0 Å². The van der Waals surface area contributed by atoms with Crippen LogP contribution >= 0.6 is 15.9 Å². The Bertz CT molecular complexity index is 689. The van der Waals surface area contributed by atoms with Crippen LogP contribution in [0.3, 0.4) is 0 Å². The number of pyridine rings is 1. The first kappa shape index (κ1) is 11.5. The van der Waals surface area contributed by atoms with Crippen molar-refractivity contribution in [2.45, 2.75) is 13.8 Å². The quantitative estimate of drug-likeness (QED) is 0.652. The number of fused-ring (bicyclic) bond motifs is 1. The molecule has 90 valence electrons. The maximum Gasteiger partial charge on any atom is 0.137 e. The van der Waals surface area contributed by atoms with Gasteiger partial charge in [0.25, 0.3) is 0 Å². The second kappa shape index (κ2) is 4.25. The zero-order valence-electron chi connectivity index (χ0n) is 10.3. The molecule has 3 heteroatoms. The van der Waals surface area contributed by atoms with Crippen LogP contribution in [0.2, 0.25) is 0 Å². The first-order chi connectivity index (χ1) is 8.65. The van der Waals surface area contributed by atoms with Crippen LogP contribution in [-0.4, -0.2) is 9.38 Å². The van der Waals surface area contributed by atoms with E-state index in [1.165, 1.54) is 16.7 Å². The van der Waals surface area contributed by atoms with E-state index in [2.05, 4.69) is 75.8 Å². The fourth-order valence-electron chi connectivity index (χ4n) is 2.09. The first-order valence-electron chi connectivity index (χ1n) is 5.86. The van der Waals surface area contributed by atoms with E-state index in [1.54, 1.807) is 0 Å². The number of aryl methyl sites for hydroxylation is 2. The van der Waals surface area contributed by atoms with Gasteiger partial charge in [-0.25, -0.2) is 4.98 Å². The topological polar surface area (TPSA) is 17.3 Å². The highest BCUT2D eigenvalue weighted by Gasteiger charge is 2.07. The minimum Gasteiger partial charge on any atom is -0.305 e. The van der Waals surface area contributed by atoms with Gasteiger partial charge in [0.1, 0.15) is 5.65 Å². The fraction of sp³-hybridized carbons (Fsp3) is 0.133. The highest BCUT2D eigenvalue weighted by atomic mass is 79.9. The Labute approximate surface area is 114 Å². The number of benzene rings is 1. The van der Waals surface area contributed by atoms with Crippen LogP contribution < -0.4 is 0 Å². The summed E-state index contributed by atoms with van der Waals surface area (Å²) in [5, 5.41) is 0. The molecule has 0 saturated heterocycles. The number of hydrogen-bond acceptors (Lipinski definition) is 1. The van der Waals surface area contributed by atoms with E-state index >= 15 is 0 Å². The lowest BCUT2D eigenvalue weighted by molar-refractivity contribution is 1.16. The summed E-state index contributed by atoms with van der Waals surface area (Å²) < 4.78 is 3.16. The summed E-state index contributed by atoms with van der Waals surface area (Å²) >= 11 is 3.55. The fourth-order valence-corrected chi connectivity index (χ4v) is 2.43. The molecule has 0 amide bonds. The zero-order chi connectivity index (χ0) is 12.7. The molecule has 18 heavy (non-hydrogen) atoms. The highest BCUT2D eigenvalue weighted by Crippen LogP contribution is 2.24. The van der Waals surface area contributed by atoms with Gasteiger partial charge in [0, 0.05) is 22.4 Å². The van der Waals surface area contributed by atoms with Gasteiger partial charge in [-0.15, -0.1) is 0 Å². The molecule has 0 N–H and O–H groups in total. The summed E-state index contributed by atoms with van der Waals surface area (Å²) in [5.74, 6) is 0. The summed E-state index contributed by atoms with van der Waals surface area (Å²) in [6, 6.07) is 10.4. The second-order valence-electron chi connectivity index (χ2n) is 4.51. The summed E-state index contributed by atoms with van der Waals surface area (Å²) in [7, 11) is 0. The van der Waals surface area contributed by atoms with Crippen molar-refractivity contribution in [3.05, 3.63) is 58.3 Å². The van der Waals surface area contributed by atoms with Crippen LogP contribution in [0.4, 0.5) is 0 Å². The average Bonchev–Trinajstić information content (AvgIpc) is 2.73. The molecule has 2 heterocycles. The predicted octanol–water partition coefficient (Wildman–Crippen LogP) is 4.38. The first-order valence-corrected chi connectivity index (χ1v) is 6.65. The van der Waals surface area contributed by atoms with Crippen LogP contribution in [0.5, 0.6) is 0 Å². The molecule has 1 aromatic carbocycles. The smallest absolute Gasteiger partial charge is 0.137 e. The number of imidazole rings is 1. The van der Waals surface area contributed by atoms with Gasteiger partial charge in [-0.2, -0.15) is 0 Å². The van der Waals surface area contributed by atoms with Gasteiger partial charge in [-0.3, -0.25) is 0 Å². The monoisotopic (exact) mass is 300 g/mol. The Morgan fingerprint density at radius 2 is 1.83 bits per heavy atom. The molecular weight excluding hydrogens is 288 g/mol. The van der Waals surface area contributed by atoms with Crippen molar-refractivity contribution in [1.29, 1.82) is 0 Å². The van der Waals surface area contributed by atoms with Gasteiger partial charge in [-0.1, -0.05) is 24.3 Å². The van der Waals surface area contributed by atoms with Crippen molar-refractivity contribution >= 4 is 21.6 Å². The Kier molecular flexibility index (Phi) is 2.71. The normalized spacial score (nSPS) is 11.1. The number of halogens is 1. The van der Waals surface area contributed by atoms with E-state index in [4.69, 9.17) is 0 Å². The molecule has 0 saturated carbocycles. The van der Waals surface area contributed by atoms with Crippen LogP contribution in [-0.2, 0) is 0 Å². The van der Waals surface area contributed by atoms with Crippen molar-refractivity contribution in [3.8, 4) is 11.3 Å². The SMILES string of the molecule is Cc1cc2nc(-c3ccccc3C)cn2cc1Br. The molecule has 0 radical (unpaired) electrons. The van der Waals surface area contributed by atoms with E-state index in [0.717, 1.165) is 15.8 Å². The van der Waals surface area contributed by atoms with Crippen LogP contribution in [0.15, 0.2) is 47.2 Å². The van der Waals surface area contributed by atoms with Crippen molar-refractivity contribution in [2.75, 3.05) is 0 Å². The molecule has 0 aliphatic heterocycles. The average molecular weight is 301 g/mol. The molecule has 0 unspecified atom stereocenters. The van der Waals surface area contributed by atoms with Gasteiger partial charge >= 0.3 is 0 Å².